The molecule has 5 nitrogen and oxygen atoms in total. The number of hydrogen-bond donors (Lipinski definition) is 0. The second-order valence-corrected chi connectivity index (χ2v) is 8.50. The highest BCUT2D eigenvalue weighted by molar-refractivity contribution is 6.62. The predicted octanol–water partition coefficient (Wildman–Crippen LogP) is 2.00. The molecular weight excluding hydrogens is 327 g/mol. The lowest BCUT2D eigenvalue weighted by atomic mass is 9.79. The lowest BCUT2D eigenvalue weighted by Crippen LogP contribution is -2.44. The molecule has 0 unspecified atom stereocenters. The Bertz CT molecular complexity index is 567. The number of nitrogens with zero attached hydrogens (tertiary/aromatic N) is 2. The fourth-order valence-corrected chi connectivity index (χ4v) is 3.25. The molecule has 1 aromatic rings. The maximum Gasteiger partial charge on any atom is 0.494 e. The van der Waals surface area contributed by atoms with Gasteiger partial charge in [-0.3, -0.25) is 0 Å². The van der Waals surface area contributed by atoms with E-state index in [0.29, 0.717) is 0 Å². The van der Waals surface area contributed by atoms with E-state index < -0.39 is 0 Å². The van der Waals surface area contributed by atoms with E-state index in [2.05, 4.69) is 44.5 Å². The Hall–Kier alpha value is -1.08. The van der Waals surface area contributed by atoms with Gasteiger partial charge in [0.05, 0.1) is 17.8 Å². The van der Waals surface area contributed by atoms with Crippen LogP contribution >= 0.6 is 0 Å². The minimum absolute atomic E-state index is 0.309. The molecule has 6 heteroatoms. The van der Waals surface area contributed by atoms with Gasteiger partial charge < -0.3 is 23.8 Å². The molecule has 0 atom stereocenters. The predicted molar refractivity (Wildman–Crippen MR) is 106 cm³/mol. The Kier molecular flexibility index (Phi) is 5.97. The summed E-state index contributed by atoms with van der Waals surface area (Å²) in [5, 5.41) is 0. The average Bonchev–Trinajstić information content (AvgIpc) is 2.82. The van der Waals surface area contributed by atoms with E-state index in [0.717, 1.165) is 30.8 Å². The highest BCUT2D eigenvalue weighted by Crippen LogP contribution is 2.36. The molecule has 1 aromatic carbocycles. The molecule has 0 radical (unpaired) electrons. The second kappa shape index (κ2) is 7.89. The van der Waals surface area contributed by atoms with Gasteiger partial charge in [0.2, 0.25) is 0 Å². The maximum absolute atomic E-state index is 6.09. The van der Waals surface area contributed by atoms with E-state index >= 15 is 0 Å². The molecule has 0 bridgehead atoms. The van der Waals surface area contributed by atoms with Crippen LogP contribution in [0.15, 0.2) is 24.3 Å². The van der Waals surface area contributed by atoms with E-state index in [1.807, 2.05) is 24.3 Å². The van der Waals surface area contributed by atoms with Crippen LogP contribution in [0, 0.1) is 0 Å². The van der Waals surface area contributed by atoms with Gasteiger partial charge in [0.25, 0.3) is 0 Å². The molecule has 2 aliphatic heterocycles. The summed E-state index contributed by atoms with van der Waals surface area (Å²) >= 11 is 0. The van der Waals surface area contributed by atoms with Crippen molar-refractivity contribution in [1.29, 1.82) is 0 Å². The Balaban J connectivity index is 1.42. The van der Waals surface area contributed by atoms with Crippen molar-refractivity contribution in [1.82, 2.24) is 9.80 Å². The van der Waals surface area contributed by atoms with Gasteiger partial charge in [-0.1, -0.05) is 12.1 Å². The number of hydrogen-bond acceptors (Lipinski definition) is 5. The normalized spacial score (nSPS) is 23.3. The van der Waals surface area contributed by atoms with Crippen LogP contribution in [-0.2, 0) is 9.31 Å². The maximum atomic E-state index is 6.09. The summed E-state index contributed by atoms with van der Waals surface area (Å²) in [6, 6.07) is 8.10. The van der Waals surface area contributed by atoms with Crippen molar-refractivity contribution in [3.05, 3.63) is 24.3 Å². The Labute approximate surface area is 158 Å². The zero-order valence-corrected chi connectivity index (χ0v) is 17.0. The zero-order chi connectivity index (χ0) is 18.8. The number of benzene rings is 1. The van der Waals surface area contributed by atoms with E-state index in [1.54, 1.807) is 0 Å². The van der Waals surface area contributed by atoms with Gasteiger partial charge in [-0.25, -0.2) is 0 Å². The summed E-state index contributed by atoms with van der Waals surface area (Å²) in [6.07, 6.45) is 1.06. The molecule has 2 saturated heterocycles. The van der Waals surface area contributed by atoms with Crippen molar-refractivity contribution in [2.45, 2.75) is 45.3 Å². The number of ether oxygens (including phenoxy) is 1. The smallest absolute Gasteiger partial charge is 0.494 e. The largest absolute Gasteiger partial charge is 0.494 e. The first-order valence-corrected chi connectivity index (χ1v) is 9.76. The summed E-state index contributed by atoms with van der Waals surface area (Å²) in [6.45, 7) is 14.8. The second-order valence-electron chi connectivity index (χ2n) is 8.50. The van der Waals surface area contributed by atoms with Crippen molar-refractivity contribution in [2.75, 3.05) is 46.4 Å². The first-order valence-electron chi connectivity index (χ1n) is 9.76. The van der Waals surface area contributed by atoms with Gasteiger partial charge in [-0.15, -0.1) is 0 Å². The van der Waals surface area contributed by atoms with Crippen LogP contribution in [0.3, 0.4) is 0 Å². The van der Waals surface area contributed by atoms with Gasteiger partial charge in [-0.05, 0) is 58.8 Å². The summed E-state index contributed by atoms with van der Waals surface area (Å²) < 4.78 is 18.1. The lowest BCUT2D eigenvalue weighted by Gasteiger charge is -2.32. The Morgan fingerprint density at radius 3 is 2.12 bits per heavy atom. The van der Waals surface area contributed by atoms with Crippen LogP contribution in [0.4, 0.5) is 0 Å². The third kappa shape index (κ3) is 4.60. The average molecular weight is 360 g/mol. The van der Waals surface area contributed by atoms with Crippen molar-refractivity contribution in [3.8, 4) is 5.75 Å². The minimum atomic E-state index is -0.314. The molecule has 2 aliphatic rings. The fraction of sp³-hybridized carbons (Fsp3) is 0.700. The first kappa shape index (κ1) is 19.7. The highest BCUT2D eigenvalue weighted by Gasteiger charge is 2.51. The van der Waals surface area contributed by atoms with E-state index in [9.17, 15) is 0 Å². The standard InChI is InChI=1S/C20H33BN2O3/c1-19(2)20(3,4)26-21(25-19)17-7-9-18(10-8-17)24-16-6-11-23-14-12-22(5)13-15-23/h7-10H,6,11-16H2,1-5H3. The van der Waals surface area contributed by atoms with Gasteiger partial charge in [-0.2, -0.15) is 0 Å². The summed E-state index contributed by atoms with van der Waals surface area (Å²) in [7, 11) is 1.87. The zero-order valence-electron chi connectivity index (χ0n) is 17.0. The van der Waals surface area contributed by atoms with Crippen LogP contribution in [0.5, 0.6) is 5.75 Å². The van der Waals surface area contributed by atoms with Crippen LogP contribution in [-0.4, -0.2) is 74.5 Å². The van der Waals surface area contributed by atoms with Crippen molar-refractivity contribution < 1.29 is 14.0 Å². The quantitative estimate of drug-likeness (QED) is 0.573. The Morgan fingerprint density at radius 2 is 1.54 bits per heavy atom. The van der Waals surface area contributed by atoms with Crippen molar-refractivity contribution >= 4 is 12.6 Å². The third-order valence-electron chi connectivity index (χ3n) is 5.89. The third-order valence-corrected chi connectivity index (χ3v) is 5.89. The molecule has 3 rings (SSSR count). The monoisotopic (exact) mass is 360 g/mol. The molecule has 0 spiro atoms. The van der Waals surface area contributed by atoms with E-state index in [-0.39, 0.29) is 18.3 Å². The van der Waals surface area contributed by atoms with E-state index in [1.165, 1.54) is 26.2 Å². The summed E-state index contributed by atoms with van der Waals surface area (Å²) in [5.41, 5.74) is 0.417. The molecule has 0 N–H and O–H groups in total. The minimum Gasteiger partial charge on any atom is -0.494 e. The SMILES string of the molecule is CN1CCN(CCCOc2ccc(B3OC(C)(C)C(C)(C)O3)cc2)CC1. The number of piperazine rings is 1. The lowest BCUT2D eigenvalue weighted by molar-refractivity contribution is 0.00578. The van der Waals surface area contributed by atoms with Crippen molar-refractivity contribution in [3.63, 3.8) is 0 Å². The fourth-order valence-electron chi connectivity index (χ4n) is 3.25. The van der Waals surface area contributed by atoms with Gasteiger partial charge >= 0.3 is 7.12 Å². The van der Waals surface area contributed by atoms with Gasteiger partial charge in [0, 0.05) is 32.7 Å². The van der Waals surface area contributed by atoms with Crippen LogP contribution in [0.25, 0.3) is 0 Å². The topological polar surface area (TPSA) is 34.2 Å². The van der Waals surface area contributed by atoms with Crippen LogP contribution in [0.1, 0.15) is 34.1 Å². The molecule has 26 heavy (non-hydrogen) atoms. The number of rotatable bonds is 6. The van der Waals surface area contributed by atoms with Gasteiger partial charge in [0.15, 0.2) is 0 Å². The molecule has 0 saturated carbocycles. The summed E-state index contributed by atoms with van der Waals surface area (Å²) in [4.78, 5) is 4.90. The first-order chi connectivity index (χ1) is 12.3. The molecule has 2 heterocycles. The van der Waals surface area contributed by atoms with Gasteiger partial charge in [0.1, 0.15) is 5.75 Å². The highest BCUT2D eigenvalue weighted by atomic mass is 16.7. The number of likely N-dealkylation sites (N-methyl/N-ethyl adjacent to an activating group) is 1. The molecule has 2 fully saturated rings. The molecule has 0 aromatic heterocycles. The van der Waals surface area contributed by atoms with E-state index in [4.69, 9.17) is 14.0 Å². The van der Waals surface area contributed by atoms with Crippen LogP contribution in [0.2, 0.25) is 0 Å². The summed E-state index contributed by atoms with van der Waals surface area (Å²) in [5.74, 6) is 0.906. The molecule has 0 amide bonds. The molecular formula is C20H33BN2O3. The Morgan fingerprint density at radius 1 is 0.962 bits per heavy atom. The van der Waals surface area contributed by atoms with Crippen molar-refractivity contribution in [2.24, 2.45) is 0 Å². The molecule has 144 valence electrons. The molecule has 0 aliphatic carbocycles. The van der Waals surface area contributed by atoms with Crippen LogP contribution < -0.4 is 10.2 Å².